The molecule has 0 aromatic carbocycles. The Balaban J connectivity index is 2.03. The fourth-order valence-electron chi connectivity index (χ4n) is 1.50. The summed E-state index contributed by atoms with van der Waals surface area (Å²) in [7, 11) is 0. The van der Waals surface area contributed by atoms with Crippen molar-refractivity contribution in [2.24, 2.45) is 0 Å². The predicted molar refractivity (Wildman–Crippen MR) is 72.7 cm³/mol. The summed E-state index contributed by atoms with van der Waals surface area (Å²) in [5.74, 6) is -0.704. The van der Waals surface area contributed by atoms with Gasteiger partial charge in [-0.2, -0.15) is 0 Å². The Morgan fingerprint density at radius 1 is 1.44 bits per heavy atom. The second-order valence-corrected chi connectivity index (χ2v) is 5.01. The summed E-state index contributed by atoms with van der Waals surface area (Å²) >= 11 is 7.43. The van der Waals surface area contributed by atoms with Gasteiger partial charge in [-0.3, -0.25) is 0 Å². The molecule has 2 aromatic rings. The van der Waals surface area contributed by atoms with E-state index >= 15 is 0 Å². The molecule has 0 aliphatic carbocycles. The number of rotatable bonds is 5. The number of halogens is 1. The molecule has 0 saturated heterocycles. The molecule has 2 rings (SSSR count). The predicted octanol–water partition coefficient (Wildman–Crippen LogP) is 3.15. The zero-order valence-electron chi connectivity index (χ0n) is 9.39. The summed E-state index contributed by atoms with van der Waals surface area (Å²) in [6.07, 6.45) is 0.824. The largest absolute Gasteiger partial charge is 0.478 e. The minimum Gasteiger partial charge on any atom is -0.478 e. The van der Waals surface area contributed by atoms with Crippen LogP contribution in [-0.4, -0.2) is 22.6 Å². The highest BCUT2D eigenvalue weighted by Crippen LogP contribution is 2.17. The van der Waals surface area contributed by atoms with Crippen LogP contribution in [0.5, 0.6) is 0 Å². The third kappa shape index (κ3) is 3.21. The molecule has 0 aliphatic heterocycles. The van der Waals surface area contributed by atoms with Crippen molar-refractivity contribution < 1.29 is 9.90 Å². The van der Waals surface area contributed by atoms with Crippen molar-refractivity contribution in [2.75, 3.05) is 11.9 Å². The van der Waals surface area contributed by atoms with Gasteiger partial charge in [0, 0.05) is 11.4 Å². The van der Waals surface area contributed by atoms with Gasteiger partial charge in [0.05, 0.1) is 0 Å². The van der Waals surface area contributed by atoms with E-state index in [1.807, 2.05) is 17.5 Å². The third-order valence-electron chi connectivity index (χ3n) is 2.34. The molecule has 2 aromatic heterocycles. The van der Waals surface area contributed by atoms with Crippen LogP contribution in [0, 0.1) is 0 Å². The second-order valence-electron chi connectivity index (χ2n) is 3.59. The fourth-order valence-corrected chi connectivity index (χ4v) is 2.36. The Kier molecular flexibility index (Phi) is 4.17. The van der Waals surface area contributed by atoms with E-state index < -0.39 is 5.97 Å². The summed E-state index contributed by atoms with van der Waals surface area (Å²) in [4.78, 5) is 16.2. The molecule has 0 fully saturated rings. The van der Waals surface area contributed by atoms with E-state index in [4.69, 9.17) is 16.7 Å². The van der Waals surface area contributed by atoms with Crippen molar-refractivity contribution >= 4 is 34.7 Å². The molecule has 18 heavy (non-hydrogen) atoms. The van der Waals surface area contributed by atoms with E-state index in [2.05, 4.69) is 10.3 Å². The number of hydrogen-bond acceptors (Lipinski definition) is 4. The Morgan fingerprint density at radius 2 is 2.28 bits per heavy atom. The molecule has 0 spiro atoms. The molecule has 0 atom stereocenters. The zero-order valence-corrected chi connectivity index (χ0v) is 11.0. The minimum absolute atomic E-state index is 0.130. The van der Waals surface area contributed by atoms with E-state index in [9.17, 15) is 4.79 Å². The summed E-state index contributed by atoms with van der Waals surface area (Å²) in [6.45, 7) is 0.619. The van der Waals surface area contributed by atoms with Crippen LogP contribution >= 0.6 is 22.9 Å². The lowest BCUT2D eigenvalue weighted by molar-refractivity contribution is 0.0697. The number of aromatic nitrogens is 1. The zero-order chi connectivity index (χ0) is 13.0. The fraction of sp³-hybridized carbons (Fsp3) is 0.167. The lowest BCUT2D eigenvalue weighted by atomic mass is 10.2. The Morgan fingerprint density at radius 3 is 2.94 bits per heavy atom. The smallest absolute Gasteiger partial charge is 0.339 e. The lowest BCUT2D eigenvalue weighted by Crippen LogP contribution is -2.10. The van der Waals surface area contributed by atoms with Crippen molar-refractivity contribution in [2.45, 2.75) is 6.42 Å². The van der Waals surface area contributed by atoms with E-state index in [-0.39, 0.29) is 10.7 Å². The first kappa shape index (κ1) is 12.9. The Labute approximate surface area is 113 Å². The minimum atomic E-state index is -1.02. The highest BCUT2D eigenvalue weighted by atomic mass is 35.5. The standard InChI is InChI=1S/C12H11ClN2O2S/c13-10-4-3-9(12(16)17)11(15-10)14-6-5-8-2-1-7-18-8/h1-4,7H,5-6H2,(H,14,15)(H,16,17). The summed E-state index contributed by atoms with van der Waals surface area (Å²) < 4.78 is 0. The molecule has 2 heterocycles. The maximum Gasteiger partial charge on any atom is 0.339 e. The summed E-state index contributed by atoms with van der Waals surface area (Å²) in [5.41, 5.74) is 0.130. The first-order chi connectivity index (χ1) is 8.66. The third-order valence-corrected chi connectivity index (χ3v) is 3.48. The molecule has 0 saturated carbocycles. The van der Waals surface area contributed by atoms with Crippen LogP contribution in [0.4, 0.5) is 5.82 Å². The van der Waals surface area contributed by atoms with Gasteiger partial charge in [-0.25, -0.2) is 9.78 Å². The van der Waals surface area contributed by atoms with Crippen molar-refractivity contribution in [3.8, 4) is 0 Å². The Bertz CT molecular complexity index is 543. The van der Waals surface area contributed by atoms with Gasteiger partial charge in [0.15, 0.2) is 0 Å². The first-order valence-corrected chi connectivity index (χ1v) is 6.58. The van der Waals surface area contributed by atoms with Gasteiger partial charge in [-0.15, -0.1) is 11.3 Å². The van der Waals surface area contributed by atoms with Crippen molar-refractivity contribution in [1.82, 2.24) is 4.98 Å². The number of carboxylic acids is 1. The van der Waals surface area contributed by atoms with E-state index in [0.29, 0.717) is 12.4 Å². The van der Waals surface area contributed by atoms with E-state index in [1.54, 1.807) is 11.3 Å². The molecule has 0 amide bonds. The van der Waals surface area contributed by atoms with Crippen molar-refractivity contribution in [3.63, 3.8) is 0 Å². The van der Waals surface area contributed by atoms with Gasteiger partial charge in [0.1, 0.15) is 16.5 Å². The number of pyridine rings is 1. The summed E-state index contributed by atoms with van der Waals surface area (Å²) in [5, 5.41) is 14.3. The number of thiophene rings is 1. The van der Waals surface area contributed by atoms with Crippen molar-refractivity contribution in [1.29, 1.82) is 0 Å². The monoisotopic (exact) mass is 282 g/mol. The quantitative estimate of drug-likeness (QED) is 0.827. The van der Waals surface area contributed by atoms with Crippen LogP contribution < -0.4 is 5.32 Å². The number of carbonyl (C=O) groups is 1. The number of nitrogens with one attached hydrogen (secondary N) is 1. The maximum absolute atomic E-state index is 11.0. The van der Waals surface area contributed by atoms with Gasteiger partial charge in [0.25, 0.3) is 0 Å². The van der Waals surface area contributed by atoms with Gasteiger partial charge in [0.2, 0.25) is 0 Å². The second kappa shape index (κ2) is 5.84. The van der Waals surface area contributed by atoms with Crippen LogP contribution in [0.15, 0.2) is 29.6 Å². The number of carboxylic acid groups (broad SMARTS) is 1. The van der Waals surface area contributed by atoms with Crippen LogP contribution in [0.1, 0.15) is 15.2 Å². The van der Waals surface area contributed by atoms with Crippen LogP contribution in [0.25, 0.3) is 0 Å². The molecule has 0 aliphatic rings. The molecule has 94 valence electrons. The SMILES string of the molecule is O=C(O)c1ccc(Cl)nc1NCCc1cccs1. The normalized spacial score (nSPS) is 10.3. The molecular weight excluding hydrogens is 272 g/mol. The van der Waals surface area contributed by atoms with Gasteiger partial charge >= 0.3 is 5.97 Å². The highest BCUT2D eigenvalue weighted by Gasteiger charge is 2.11. The highest BCUT2D eigenvalue weighted by molar-refractivity contribution is 7.09. The molecule has 4 nitrogen and oxygen atoms in total. The van der Waals surface area contributed by atoms with Gasteiger partial charge < -0.3 is 10.4 Å². The van der Waals surface area contributed by atoms with Crippen LogP contribution in [0.2, 0.25) is 5.15 Å². The average molecular weight is 283 g/mol. The number of nitrogens with zero attached hydrogens (tertiary/aromatic N) is 1. The molecule has 6 heteroatoms. The van der Waals surface area contributed by atoms with Crippen molar-refractivity contribution in [3.05, 3.63) is 45.2 Å². The van der Waals surface area contributed by atoms with Crippen LogP contribution in [-0.2, 0) is 6.42 Å². The summed E-state index contributed by atoms with van der Waals surface area (Å²) in [6, 6.07) is 6.94. The first-order valence-electron chi connectivity index (χ1n) is 5.33. The number of aromatic carboxylic acids is 1. The molecule has 0 unspecified atom stereocenters. The lowest BCUT2D eigenvalue weighted by Gasteiger charge is -2.08. The topological polar surface area (TPSA) is 62.2 Å². The molecule has 0 bridgehead atoms. The van der Waals surface area contributed by atoms with E-state index in [0.717, 1.165) is 6.42 Å². The molecule has 0 radical (unpaired) electrons. The average Bonchev–Trinajstić information content (AvgIpc) is 2.82. The number of hydrogen-bond donors (Lipinski definition) is 2. The van der Waals surface area contributed by atoms with Crippen LogP contribution in [0.3, 0.4) is 0 Å². The molecule has 2 N–H and O–H groups in total. The Hall–Kier alpha value is -1.59. The van der Waals surface area contributed by atoms with E-state index in [1.165, 1.54) is 17.0 Å². The maximum atomic E-state index is 11.0. The van der Waals surface area contributed by atoms with Gasteiger partial charge in [-0.05, 0) is 30.0 Å². The molecular formula is C12H11ClN2O2S. The number of anilines is 1. The van der Waals surface area contributed by atoms with Gasteiger partial charge in [-0.1, -0.05) is 17.7 Å².